The van der Waals surface area contributed by atoms with Gasteiger partial charge in [-0.25, -0.2) is 4.79 Å². The molecule has 2 amide bonds. The van der Waals surface area contributed by atoms with E-state index in [0.717, 1.165) is 6.42 Å². The Labute approximate surface area is 112 Å². The lowest BCUT2D eigenvalue weighted by Crippen LogP contribution is -2.53. The summed E-state index contributed by atoms with van der Waals surface area (Å²) in [7, 11) is 0. The third-order valence-corrected chi connectivity index (χ3v) is 3.97. The van der Waals surface area contributed by atoms with E-state index in [9.17, 15) is 14.7 Å². The van der Waals surface area contributed by atoms with Gasteiger partial charge in [-0.3, -0.25) is 4.79 Å². The SMILES string of the molecule is CC1=CCN(C(=O)NC2COCC2(C)C(=O)O)CC1. The van der Waals surface area contributed by atoms with Crippen molar-refractivity contribution in [3.63, 3.8) is 0 Å². The van der Waals surface area contributed by atoms with Crippen LogP contribution in [0.15, 0.2) is 11.6 Å². The van der Waals surface area contributed by atoms with Crippen LogP contribution >= 0.6 is 0 Å². The summed E-state index contributed by atoms with van der Waals surface area (Å²) in [6.07, 6.45) is 2.88. The Morgan fingerprint density at radius 3 is 2.89 bits per heavy atom. The van der Waals surface area contributed by atoms with Crippen LogP contribution in [-0.4, -0.2) is 54.4 Å². The zero-order valence-corrected chi connectivity index (χ0v) is 11.3. The predicted molar refractivity (Wildman–Crippen MR) is 68.8 cm³/mol. The number of carbonyl (C=O) groups excluding carboxylic acids is 1. The normalized spacial score (nSPS) is 30.9. The number of urea groups is 1. The number of carboxylic acid groups (broad SMARTS) is 1. The van der Waals surface area contributed by atoms with E-state index in [1.54, 1.807) is 11.8 Å². The maximum absolute atomic E-state index is 12.1. The summed E-state index contributed by atoms with van der Waals surface area (Å²) < 4.78 is 5.21. The van der Waals surface area contributed by atoms with Crippen LogP contribution in [0.1, 0.15) is 20.3 Å². The molecule has 0 bridgehead atoms. The van der Waals surface area contributed by atoms with Gasteiger partial charge in [0.05, 0.1) is 19.3 Å². The number of aliphatic carboxylic acids is 1. The van der Waals surface area contributed by atoms with Gasteiger partial charge in [0.15, 0.2) is 0 Å². The molecule has 0 saturated carbocycles. The van der Waals surface area contributed by atoms with Crippen LogP contribution in [0.5, 0.6) is 0 Å². The summed E-state index contributed by atoms with van der Waals surface area (Å²) in [6.45, 7) is 5.28. The first kappa shape index (κ1) is 13.9. The minimum atomic E-state index is -1.04. The maximum Gasteiger partial charge on any atom is 0.318 e. The van der Waals surface area contributed by atoms with Crippen LogP contribution in [0.3, 0.4) is 0 Å². The topological polar surface area (TPSA) is 78.9 Å². The van der Waals surface area contributed by atoms with Gasteiger partial charge in [-0.2, -0.15) is 0 Å². The average molecular weight is 268 g/mol. The second-order valence-corrected chi connectivity index (χ2v) is 5.49. The monoisotopic (exact) mass is 268 g/mol. The third kappa shape index (κ3) is 2.73. The van der Waals surface area contributed by atoms with Gasteiger partial charge in [0, 0.05) is 13.1 Å². The van der Waals surface area contributed by atoms with Crippen molar-refractivity contribution >= 4 is 12.0 Å². The number of carbonyl (C=O) groups is 2. The van der Waals surface area contributed by atoms with E-state index in [1.165, 1.54) is 5.57 Å². The first-order valence-corrected chi connectivity index (χ1v) is 6.45. The van der Waals surface area contributed by atoms with Crippen molar-refractivity contribution in [1.29, 1.82) is 0 Å². The molecule has 0 aromatic rings. The number of amides is 2. The van der Waals surface area contributed by atoms with E-state index in [1.807, 2.05) is 13.0 Å². The molecule has 6 heteroatoms. The molecule has 0 spiro atoms. The molecule has 19 heavy (non-hydrogen) atoms. The first-order valence-electron chi connectivity index (χ1n) is 6.45. The van der Waals surface area contributed by atoms with Crippen molar-refractivity contribution in [3.05, 3.63) is 11.6 Å². The summed E-state index contributed by atoms with van der Waals surface area (Å²) in [6, 6.07) is -0.698. The molecule has 2 aliphatic rings. The number of rotatable bonds is 2. The van der Waals surface area contributed by atoms with Crippen molar-refractivity contribution in [2.75, 3.05) is 26.3 Å². The molecule has 0 aliphatic carbocycles. The predicted octanol–water partition coefficient (Wildman–Crippen LogP) is 0.838. The molecule has 1 saturated heterocycles. The van der Waals surface area contributed by atoms with Crippen molar-refractivity contribution in [2.24, 2.45) is 5.41 Å². The molecule has 106 valence electrons. The summed E-state index contributed by atoms with van der Waals surface area (Å²) in [5.41, 5.74) is 0.237. The molecule has 2 heterocycles. The van der Waals surface area contributed by atoms with Crippen LogP contribution < -0.4 is 5.32 Å². The minimum Gasteiger partial charge on any atom is -0.481 e. The lowest BCUT2D eigenvalue weighted by atomic mass is 9.85. The van der Waals surface area contributed by atoms with Gasteiger partial charge in [0.25, 0.3) is 0 Å². The Bertz CT molecular complexity index is 421. The zero-order valence-electron chi connectivity index (χ0n) is 11.3. The fourth-order valence-electron chi connectivity index (χ4n) is 2.28. The zero-order chi connectivity index (χ0) is 14.0. The second kappa shape index (κ2) is 5.21. The van der Waals surface area contributed by atoms with E-state index < -0.39 is 17.4 Å². The maximum atomic E-state index is 12.1. The Balaban J connectivity index is 1.97. The summed E-state index contributed by atoms with van der Waals surface area (Å²) in [4.78, 5) is 25.1. The number of ether oxygens (including phenoxy) is 1. The standard InChI is InChI=1S/C13H20N2O4/c1-9-3-5-15(6-4-9)12(18)14-10-7-19-8-13(10,2)11(16)17/h3,10H,4-8H2,1-2H3,(H,14,18)(H,16,17). The van der Waals surface area contributed by atoms with Crippen LogP contribution in [0.4, 0.5) is 4.79 Å². The Hall–Kier alpha value is -1.56. The van der Waals surface area contributed by atoms with Crippen LogP contribution in [0.2, 0.25) is 0 Å². The highest BCUT2D eigenvalue weighted by Crippen LogP contribution is 2.28. The van der Waals surface area contributed by atoms with E-state index >= 15 is 0 Å². The van der Waals surface area contributed by atoms with Crippen LogP contribution in [-0.2, 0) is 9.53 Å². The van der Waals surface area contributed by atoms with E-state index in [-0.39, 0.29) is 19.2 Å². The highest BCUT2D eigenvalue weighted by molar-refractivity contribution is 5.79. The van der Waals surface area contributed by atoms with Gasteiger partial charge >= 0.3 is 12.0 Å². The van der Waals surface area contributed by atoms with Gasteiger partial charge in [-0.1, -0.05) is 11.6 Å². The highest BCUT2D eigenvalue weighted by atomic mass is 16.5. The van der Waals surface area contributed by atoms with Crippen LogP contribution in [0, 0.1) is 5.41 Å². The van der Waals surface area contributed by atoms with Gasteiger partial charge in [0.2, 0.25) is 0 Å². The fourth-order valence-corrected chi connectivity index (χ4v) is 2.28. The number of hydrogen-bond acceptors (Lipinski definition) is 3. The molecule has 6 nitrogen and oxygen atoms in total. The molecule has 2 unspecified atom stereocenters. The fraction of sp³-hybridized carbons (Fsp3) is 0.692. The molecule has 2 aliphatic heterocycles. The lowest BCUT2D eigenvalue weighted by Gasteiger charge is -2.30. The molecule has 2 N–H and O–H groups in total. The van der Waals surface area contributed by atoms with E-state index in [0.29, 0.717) is 13.1 Å². The Morgan fingerprint density at radius 2 is 2.32 bits per heavy atom. The van der Waals surface area contributed by atoms with E-state index in [4.69, 9.17) is 4.74 Å². The van der Waals surface area contributed by atoms with Gasteiger partial charge in [-0.15, -0.1) is 0 Å². The molecule has 2 rings (SSSR count). The highest BCUT2D eigenvalue weighted by Gasteiger charge is 2.47. The second-order valence-electron chi connectivity index (χ2n) is 5.49. The Kier molecular flexibility index (Phi) is 3.80. The molecule has 0 aromatic carbocycles. The van der Waals surface area contributed by atoms with Crippen molar-refractivity contribution < 1.29 is 19.4 Å². The summed E-state index contributed by atoms with van der Waals surface area (Å²) >= 11 is 0. The van der Waals surface area contributed by atoms with Crippen molar-refractivity contribution in [1.82, 2.24) is 10.2 Å². The Morgan fingerprint density at radius 1 is 1.58 bits per heavy atom. The summed E-state index contributed by atoms with van der Waals surface area (Å²) in [5.74, 6) is -0.940. The minimum absolute atomic E-state index is 0.131. The number of nitrogens with zero attached hydrogens (tertiary/aromatic N) is 1. The molecule has 1 fully saturated rings. The average Bonchev–Trinajstić information content (AvgIpc) is 2.73. The molecular formula is C13H20N2O4. The summed E-state index contributed by atoms with van der Waals surface area (Å²) in [5, 5.41) is 12.0. The quantitative estimate of drug-likeness (QED) is 0.727. The van der Waals surface area contributed by atoms with Gasteiger partial charge < -0.3 is 20.1 Å². The molecule has 2 atom stereocenters. The molecule has 0 aromatic heterocycles. The number of hydrogen-bond donors (Lipinski definition) is 2. The smallest absolute Gasteiger partial charge is 0.318 e. The first-order chi connectivity index (χ1) is 8.93. The van der Waals surface area contributed by atoms with E-state index in [2.05, 4.69) is 5.32 Å². The largest absolute Gasteiger partial charge is 0.481 e. The number of nitrogens with one attached hydrogen (secondary N) is 1. The van der Waals surface area contributed by atoms with Gasteiger partial charge in [-0.05, 0) is 20.3 Å². The van der Waals surface area contributed by atoms with Crippen molar-refractivity contribution in [2.45, 2.75) is 26.3 Å². The molecular weight excluding hydrogens is 248 g/mol. The third-order valence-electron chi connectivity index (χ3n) is 3.97. The van der Waals surface area contributed by atoms with Crippen molar-refractivity contribution in [3.8, 4) is 0 Å². The van der Waals surface area contributed by atoms with Crippen LogP contribution in [0.25, 0.3) is 0 Å². The molecule has 0 radical (unpaired) electrons. The number of carboxylic acids is 1. The van der Waals surface area contributed by atoms with Gasteiger partial charge in [0.1, 0.15) is 5.41 Å². The lowest BCUT2D eigenvalue weighted by molar-refractivity contribution is -0.148.